The molecular weight excluding hydrogens is 332 g/mol. The summed E-state index contributed by atoms with van der Waals surface area (Å²) in [6.45, 7) is 2.32. The van der Waals surface area contributed by atoms with Crippen LogP contribution in [-0.4, -0.2) is 16.9 Å². The van der Waals surface area contributed by atoms with Crippen LogP contribution in [0.4, 0.5) is 0 Å². The number of aromatic nitrogens is 1. The van der Waals surface area contributed by atoms with Crippen molar-refractivity contribution in [1.82, 2.24) is 10.3 Å². The Morgan fingerprint density at radius 2 is 1.74 bits per heavy atom. The van der Waals surface area contributed by atoms with E-state index >= 15 is 0 Å². The molecule has 1 heterocycles. The molecule has 27 heavy (non-hydrogen) atoms. The maximum atomic E-state index is 12.5. The lowest BCUT2D eigenvalue weighted by Gasteiger charge is -2.30. The normalized spacial score (nSPS) is 28.8. The van der Waals surface area contributed by atoms with Crippen LogP contribution < -0.4 is 5.32 Å². The first kappa shape index (κ1) is 18.5. The van der Waals surface area contributed by atoms with Gasteiger partial charge < -0.3 is 5.32 Å². The maximum Gasteiger partial charge on any atom is 0.220 e. The average molecular weight is 365 g/mol. The van der Waals surface area contributed by atoms with E-state index in [4.69, 9.17) is 0 Å². The Hall–Kier alpha value is -1.90. The standard InChI is InChI=1S/C24H32N2O/c1-17-6-12-20(13-7-17)26-24(27)16-18-8-10-19(11-9-18)21-14-15-25-23-5-3-2-4-22(21)23/h2-5,14-15,17-20H,6-13,16H2,1H3,(H,26,27)/t17-,18?,19?,20-. The highest BCUT2D eigenvalue weighted by molar-refractivity contribution is 5.82. The van der Waals surface area contributed by atoms with Crippen molar-refractivity contribution in [2.75, 3.05) is 0 Å². The lowest BCUT2D eigenvalue weighted by atomic mass is 9.76. The summed E-state index contributed by atoms with van der Waals surface area (Å²) in [4.78, 5) is 17.0. The van der Waals surface area contributed by atoms with Gasteiger partial charge in [-0.05, 0) is 86.8 Å². The van der Waals surface area contributed by atoms with E-state index in [1.807, 2.05) is 6.20 Å². The molecular formula is C24H32N2O. The molecule has 0 aliphatic heterocycles. The molecule has 2 aromatic rings. The third-order valence-corrected chi connectivity index (χ3v) is 6.82. The summed E-state index contributed by atoms with van der Waals surface area (Å²) < 4.78 is 0. The van der Waals surface area contributed by atoms with Gasteiger partial charge in [-0.1, -0.05) is 25.1 Å². The van der Waals surface area contributed by atoms with Crippen molar-refractivity contribution in [2.24, 2.45) is 11.8 Å². The first-order valence-electron chi connectivity index (χ1n) is 10.8. The number of nitrogens with zero attached hydrogens (tertiary/aromatic N) is 1. The molecule has 0 spiro atoms. The largest absolute Gasteiger partial charge is 0.353 e. The highest BCUT2D eigenvalue weighted by Gasteiger charge is 2.26. The fraction of sp³-hybridized carbons (Fsp3) is 0.583. The molecule has 0 bridgehead atoms. The Labute approximate surface area is 163 Å². The van der Waals surface area contributed by atoms with Gasteiger partial charge in [0, 0.05) is 24.0 Å². The molecule has 2 aliphatic rings. The minimum absolute atomic E-state index is 0.285. The van der Waals surface area contributed by atoms with Crippen molar-refractivity contribution < 1.29 is 4.79 Å². The summed E-state index contributed by atoms with van der Waals surface area (Å²) in [7, 11) is 0. The molecule has 2 aliphatic carbocycles. The Balaban J connectivity index is 1.29. The molecule has 1 aromatic heterocycles. The monoisotopic (exact) mass is 364 g/mol. The maximum absolute atomic E-state index is 12.5. The summed E-state index contributed by atoms with van der Waals surface area (Å²) in [5.41, 5.74) is 2.54. The van der Waals surface area contributed by atoms with Crippen molar-refractivity contribution in [1.29, 1.82) is 0 Å². The Kier molecular flexibility index (Phi) is 5.75. The van der Waals surface area contributed by atoms with Gasteiger partial charge in [0.25, 0.3) is 0 Å². The van der Waals surface area contributed by atoms with Crippen LogP contribution in [0.3, 0.4) is 0 Å². The van der Waals surface area contributed by atoms with Crippen molar-refractivity contribution in [3.05, 3.63) is 42.1 Å². The Bertz CT molecular complexity index is 766. The topological polar surface area (TPSA) is 42.0 Å². The lowest BCUT2D eigenvalue weighted by Crippen LogP contribution is -2.38. The first-order chi connectivity index (χ1) is 13.2. The third-order valence-electron chi connectivity index (χ3n) is 6.82. The predicted molar refractivity (Wildman–Crippen MR) is 111 cm³/mol. The lowest BCUT2D eigenvalue weighted by molar-refractivity contribution is -0.123. The number of carbonyl (C=O) groups is 1. The second kappa shape index (κ2) is 8.41. The highest BCUT2D eigenvalue weighted by atomic mass is 16.1. The molecule has 144 valence electrons. The molecule has 0 radical (unpaired) electrons. The van der Waals surface area contributed by atoms with E-state index < -0.39 is 0 Å². The number of rotatable bonds is 4. The molecule has 3 heteroatoms. The zero-order valence-electron chi connectivity index (χ0n) is 16.5. The summed E-state index contributed by atoms with van der Waals surface area (Å²) >= 11 is 0. The second-order valence-electron chi connectivity index (χ2n) is 8.86. The van der Waals surface area contributed by atoms with E-state index in [1.54, 1.807) is 0 Å². The van der Waals surface area contributed by atoms with Crippen LogP contribution in [0.5, 0.6) is 0 Å². The first-order valence-corrected chi connectivity index (χ1v) is 10.8. The number of pyridine rings is 1. The number of amides is 1. The fourth-order valence-corrected chi connectivity index (χ4v) is 5.10. The van der Waals surface area contributed by atoms with E-state index in [0.717, 1.165) is 43.5 Å². The van der Waals surface area contributed by atoms with Gasteiger partial charge in [0.2, 0.25) is 5.91 Å². The molecule has 2 fully saturated rings. The van der Waals surface area contributed by atoms with Crippen LogP contribution in [0.2, 0.25) is 0 Å². The quantitative estimate of drug-likeness (QED) is 0.768. The molecule has 2 saturated carbocycles. The molecule has 0 unspecified atom stereocenters. The number of carbonyl (C=O) groups excluding carboxylic acids is 1. The van der Waals surface area contributed by atoms with E-state index in [-0.39, 0.29) is 5.91 Å². The third kappa shape index (κ3) is 4.51. The van der Waals surface area contributed by atoms with Gasteiger partial charge in [0.05, 0.1) is 5.52 Å². The number of hydrogen-bond donors (Lipinski definition) is 1. The zero-order valence-corrected chi connectivity index (χ0v) is 16.5. The molecule has 1 aromatic carbocycles. The highest BCUT2D eigenvalue weighted by Crippen LogP contribution is 2.39. The molecule has 0 atom stereocenters. The SMILES string of the molecule is C[C@H]1CC[C@H](NC(=O)CC2CCC(c3ccnc4ccccc34)CC2)CC1. The van der Waals surface area contributed by atoms with E-state index in [9.17, 15) is 4.79 Å². The van der Waals surface area contributed by atoms with E-state index in [0.29, 0.717) is 17.9 Å². The summed E-state index contributed by atoms with van der Waals surface area (Å²) in [6.07, 6.45) is 12.2. The fourth-order valence-electron chi connectivity index (χ4n) is 5.10. The number of para-hydroxylation sites is 1. The summed E-state index contributed by atoms with van der Waals surface area (Å²) in [6, 6.07) is 11.1. The molecule has 0 saturated heterocycles. The minimum Gasteiger partial charge on any atom is -0.353 e. The van der Waals surface area contributed by atoms with Gasteiger partial charge in [-0.2, -0.15) is 0 Å². The Morgan fingerprint density at radius 3 is 2.52 bits per heavy atom. The average Bonchev–Trinajstić information content (AvgIpc) is 2.70. The van der Waals surface area contributed by atoms with Crippen molar-refractivity contribution in [3.8, 4) is 0 Å². The van der Waals surface area contributed by atoms with E-state index in [1.165, 1.54) is 36.6 Å². The van der Waals surface area contributed by atoms with Crippen LogP contribution in [0, 0.1) is 11.8 Å². The molecule has 3 nitrogen and oxygen atoms in total. The van der Waals surface area contributed by atoms with Crippen LogP contribution in [0.25, 0.3) is 10.9 Å². The van der Waals surface area contributed by atoms with Gasteiger partial charge in [-0.15, -0.1) is 0 Å². The van der Waals surface area contributed by atoms with Crippen LogP contribution in [-0.2, 0) is 4.79 Å². The van der Waals surface area contributed by atoms with Crippen molar-refractivity contribution in [2.45, 2.75) is 76.7 Å². The van der Waals surface area contributed by atoms with Crippen molar-refractivity contribution >= 4 is 16.8 Å². The van der Waals surface area contributed by atoms with Crippen molar-refractivity contribution in [3.63, 3.8) is 0 Å². The minimum atomic E-state index is 0.285. The smallest absolute Gasteiger partial charge is 0.220 e. The number of hydrogen-bond acceptors (Lipinski definition) is 2. The predicted octanol–water partition coefficient (Wildman–Crippen LogP) is 5.59. The number of benzene rings is 1. The molecule has 1 N–H and O–H groups in total. The van der Waals surface area contributed by atoms with Gasteiger partial charge >= 0.3 is 0 Å². The van der Waals surface area contributed by atoms with E-state index in [2.05, 4.69) is 47.6 Å². The number of nitrogens with one attached hydrogen (secondary N) is 1. The van der Waals surface area contributed by atoms with Gasteiger partial charge in [0.1, 0.15) is 0 Å². The number of fused-ring (bicyclic) bond motifs is 1. The Morgan fingerprint density at radius 1 is 1.00 bits per heavy atom. The summed E-state index contributed by atoms with van der Waals surface area (Å²) in [5, 5.41) is 4.61. The van der Waals surface area contributed by atoms with Crippen LogP contribution >= 0.6 is 0 Å². The van der Waals surface area contributed by atoms with Gasteiger partial charge in [-0.3, -0.25) is 9.78 Å². The molecule has 4 rings (SSSR count). The molecule has 1 amide bonds. The summed E-state index contributed by atoms with van der Waals surface area (Å²) in [5.74, 6) is 2.28. The van der Waals surface area contributed by atoms with Gasteiger partial charge in [-0.25, -0.2) is 0 Å². The van der Waals surface area contributed by atoms with Gasteiger partial charge in [0.15, 0.2) is 0 Å². The second-order valence-corrected chi connectivity index (χ2v) is 8.86. The van der Waals surface area contributed by atoms with Crippen LogP contribution in [0.15, 0.2) is 36.5 Å². The van der Waals surface area contributed by atoms with Crippen LogP contribution in [0.1, 0.15) is 76.2 Å². The zero-order chi connectivity index (χ0) is 18.6.